The van der Waals surface area contributed by atoms with E-state index in [-0.39, 0.29) is 23.8 Å². The Hall–Kier alpha value is -3.23. The summed E-state index contributed by atoms with van der Waals surface area (Å²) in [6.07, 6.45) is 2.02. The third kappa shape index (κ3) is 7.51. The lowest BCUT2D eigenvalue weighted by molar-refractivity contribution is -0.117. The molecule has 0 unspecified atom stereocenters. The summed E-state index contributed by atoms with van der Waals surface area (Å²) in [5.74, 6) is -0.501. The molecule has 0 aliphatic rings. The summed E-state index contributed by atoms with van der Waals surface area (Å²) >= 11 is 0. The SMILES string of the molecule is COC(=O)c1cc(NC(=O)[C@@H](N)CCCCNCC(=O)c2ccccc2)ccc1OC. The molecule has 1 atom stereocenters. The van der Waals surface area contributed by atoms with Gasteiger partial charge in [-0.2, -0.15) is 0 Å². The van der Waals surface area contributed by atoms with Crippen LogP contribution in [-0.2, 0) is 9.53 Å². The maximum atomic E-state index is 12.3. The second-order valence-electron chi connectivity index (χ2n) is 6.96. The highest BCUT2D eigenvalue weighted by atomic mass is 16.5. The van der Waals surface area contributed by atoms with Crippen LogP contribution in [0.3, 0.4) is 0 Å². The van der Waals surface area contributed by atoms with Crippen LogP contribution in [0.25, 0.3) is 0 Å². The van der Waals surface area contributed by atoms with Crippen molar-refractivity contribution in [3.8, 4) is 5.75 Å². The number of nitrogens with two attached hydrogens (primary N) is 1. The Labute approximate surface area is 182 Å². The van der Waals surface area contributed by atoms with Crippen molar-refractivity contribution in [3.63, 3.8) is 0 Å². The predicted octanol–water partition coefficient (Wildman–Crippen LogP) is 2.39. The van der Waals surface area contributed by atoms with E-state index in [0.29, 0.717) is 30.0 Å². The van der Waals surface area contributed by atoms with E-state index >= 15 is 0 Å². The number of hydrogen-bond acceptors (Lipinski definition) is 7. The molecule has 0 saturated carbocycles. The summed E-state index contributed by atoms with van der Waals surface area (Å²) in [6, 6.07) is 13.1. The first-order valence-corrected chi connectivity index (χ1v) is 10.1. The number of benzene rings is 2. The minimum atomic E-state index is -0.686. The van der Waals surface area contributed by atoms with Gasteiger partial charge in [-0.3, -0.25) is 9.59 Å². The summed E-state index contributed by atoms with van der Waals surface area (Å²) in [7, 11) is 2.72. The minimum absolute atomic E-state index is 0.0440. The molecule has 0 bridgehead atoms. The minimum Gasteiger partial charge on any atom is -0.496 e. The number of carbonyl (C=O) groups excluding carboxylic acids is 3. The Balaban J connectivity index is 1.71. The summed E-state index contributed by atoms with van der Waals surface area (Å²) in [5.41, 5.74) is 7.31. The third-order valence-corrected chi connectivity index (χ3v) is 4.71. The zero-order valence-corrected chi connectivity index (χ0v) is 17.9. The number of esters is 1. The molecule has 8 nitrogen and oxygen atoms in total. The van der Waals surface area contributed by atoms with Crippen molar-refractivity contribution in [3.05, 3.63) is 59.7 Å². The molecular weight excluding hydrogens is 398 g/mol. The zero-order chi connectivity index (χ0) is 22.6. The molecule has 0 aromatic heterocycles. The number of ether oxygens (including phenoxy) is 2. The van der Waals surface area contributed by atoms with E-state index in [1.807, 2.05) is 18.2 Å². The van der Waals surface area contributed by atoms with Crippen LogP contribution in [0.1, 0.15) is 40.0 Å². The van der Waals surface area contributed by atoms with Gasteiger partial charge in [-0.1, -0.05) is 36.8 Å². The fourth-order valence-electron chi connectivity index (χ4n) is 2.96. The van der Waals surface area contributed by atoms with Gasteiger partial charge in [-0.05, 0) is 37.6 Å². The lowest BCUT2D eigenvalue weighted by Gasteiger charge is -2.14. The number of nitrogens with one attached hydrogen (secondary N) is 2. The van der Waals surface area contributed by atoms with Gasteiger partial charge in [-0.15, -0.1) is 0 Å². The van der Waals surface area contributed by atoms with Crippen molar-refractivity contribution in [2.75, 3.05) is 32.6 Å². The number of ketones is 1. The number of unbranched alkanes of at least 4 members (excludes halogenated alkanes) is 1. The molecule has 0 spiro atoms. The standard InChI is InChI=1S/C23H29N3O5/c1-30-21-12-11-17(14-18(21)23(29)31-2)26-22(28)19(24)10-6-7-13-25-15-20(27)16-8-4-3-5-9-16/h3-5,8-9,11-12,14,19,25H,6-7,10,13,15,24H2,1-2H3,(H,26,28)/t19-/m0/s1. The second-order valence-corrected chi connectivity index (χ2v) is 6.96. The molecule has 166 valence electrons. The highest BCUT2D eigenvalue weighted by Crippen LogP contribution is 2.23. The summed E-state index contributed by atoms with van der Waals surface area (Å²) in [5, 5.41) is 5.82. The number of rotatable bonds is 12. The van der Waals surface area contributed by atoms with E-state index in [1.165, 1.54) is 20.3 Å². The van der Waals surface area contributed by atoms with Gasteiger partial charge in [0.05, 0.1) is 26.8 Å². The van der Waals surface area contributed by atoms with Crippen LogP contribution >= 0.6 is 0 Å². The fraction of sp³-hybridized carbons (Fsp3) is 0.348. The maximum absolute atomic E-state index is 12.3. The van der Waals surface area contributed by atoms with Crippen LogP contribution in [0.4, 0.5) is 5.69 Å². The largest absolute Gasteiger partial charge is 0.496 e. The van der Waals surface area contributed by atoms with E-state index in [0.717, 1.165) is 12.8 Å². The molecule has 2 aromatic carbocycles. The van der Waals surface area contributed by atoms with Crippen molar-refractivity contribution in [2.45, 2.75) is 25.3 Å². The van der Waals surface area contributed by atoms with Crippen molar-refractivity contribution >= 4 is 23.3 Å². The van der Waals surface area contributed by atoms with Crippen molar-refractivity contribution in [2.24, 2.45) is 5.73 Å². The molecular formula is C23H29N3O5. The van der Waals surface area contributed by atoms with Gasteiger partial charge in [0.1, 0.15) is 11.3 Å². The Morgan fingerprint density at radius 2 is 1.77 bits per heavy atom. The van der Waals surface area contributed by atoms with Crippen LogP contribution in [0.15, 0.2) is 48.5 Å². The van der Waals surface area contributed by atoms with Crippen LogP contribution in [0, 0.1) is 0 Å². The van der Waals surface area contributed by atoms with Gasteiger partial charge >= 0.3 is 5.97 Å². The highest BCUT2D eigenvalue weighted by Gasteiger charge is 2.17. The quantitative estimate of drug-likeness (QED) is 0.270. The topological polar surface area (TPSA) is 120 Å². The average Bonchev–Trinajstić information content (AvgIpc) is 2.80. The van der Waals surface area contributed by atoms with Crippen molar-refractivity contribution in [1.82, 2.24) is 5.32 Å². The maximum Gasteiger partial charge on any atom is 0.341 e. The Bertz CT molecular complexity index is 886. The molecule has 1 amide bonds. The molecule has 2 rings (SSSR count). The lowest BCUT2D eigenvalue weighted by atomic mass is 10.1. The van der Waals surface area contributed by atoms with Gasteiger partial charge in [0.2, 0.25) is 5.91 Å². The lowest BCUT2D eigenvalue weighted by Crippen LogP contribution is -2.35. The highest BCUT2D eigenvalue weighted by molar-refractivity contribution is 5.98. The van der Waals surface area contributed by atoms with Gasteiger partial charge in [0.25, 0.3) is 0 Å². The van der Waals surface area contributed by atoms with Gasteiger partial charge in [0.15, 0.2) is 5.78 Å². The van der Waals surface area contributed by atoms with E-state index in [2.05, 4.69) is 10.6 Å². The first-order valence-electron chi connectivity index (χ1n) is 10.1. The molecule has 4 N–H and O–H groups in total. The molecule has 0 heterocycles. The number of carbonyl (C=O) groups is 3. The number of methoxy groups -OCH3 is 2. The molecule has 0 radical (unpaired) electrons. The predicted molar refractivity (Wildman–Crippen MR) is 118 cm³/mol. The average molecular weight is 428 g/mol. The van der Waals surface area contributed by atoms with E-state index in [9.17, 15) is 14.4 Å². The summed E-state index contributed by atoms with van der Waals surface area (Å²) in [6.45, 7) is 0.935. The Morgan fingerprint density at radius 1 is 1.03 bits per heavy atom. The molecule has 0 aliphatic carbocycles. The van der Waals surface area contributed by atoms with E-state index in [1.54, 1.807) is 24.3 Å². The zero-order valence-electron chi connectivity index (χ0n) is 17.9. The van der Waals surface area contributed by atoms with Crippen molar-refractivity contribution < 1.29 is 23.9 Å². The summed E-state index contributed by atoms with van der Waals surface area (Å²) in [4.78, 5) is 36.2. The number of anilines is 1. The number of Topliss-reactive ketones (excluding diaryl/α,β-unsaturated/α-hetero) is 1. The fourth-order valence-corrected chi connectivity index (χ4v) is 2.96. The van der Waals surface area contributed by atoms with Crippen molar-refractivity contribution in [1.29, 1.82) is 0 Å². The van der Waals surface area contributed by atoms with E-state index in [4.69, 9.17) is 15.2 Å². The first kappa shape index (κ1) is 24.0. The molecule has 0 saturated heterocycles. The van der Waals surface area contributed by atoms with Gasteiger partial charge in [-0.25, -0.2) is 4.79 Å². The number of amides is 1. The molecule has 31 heavy (non-hydrogen) atoms. The van der Waals surface area contributed by atoms with Crippen LogP contribution in [-0.4, -0.2) is 51.0 Å². The van der Waals surface area contributed by atoms with Gasteiger partial charge in [0, 0.05) is 11.3 Å². The summed E-state index contributed by atoms with van der Waals surface area (Å²) < 4.78 is 9.86. The molecule has 2 aromatic rings. The van der Waals surface area contributed by atoms with Crippen LogP contribution < -0.4 is 21.1 Å². The Kier molecular flexibility index (Phi) is 9.67. The third-order valence-electron chi connectivity index (χ3n) is 4.71. The molecule has 8 heteroatoms. The van der Waals surface area contributed by atoms with Crippen LogP contribution in [0.5, 0.6) is 5.75 Å². The second kappa shape index (κ2) is 12.5. The monoisotopic (exact) mass is 427 g/mol. The Morgan fingerprint density at radius 3 is 2.45 bits per heavy atom. The molecule has 0 aliphatic heterocycles. The van der Waals surface area contributed by atoms with Crippen LogP contribution in [0.2, 0.25) is 0 Å². The normalized spacial score (nSPS) is 11.5. The first-order chi connectivity index (χ1) is 15.0. The smallest absolute Gasteiger partial charge is 0.341 e. The van der Waals surface area contributed by atoms with Gasteiger partial charge < -0.3 is 25.8 Å². The molecule has 0 fully saturated rings. The van der Waals surface area contributed by atoms with E-state index < -0.39 is 12.0 Å². The number of hydrogen-bond donors (Lipinski definition) is 3.